The van der Waals surface area contributed by atoms with Gasteiger partial charge in [-0.3, -0.25) is 4.79 Å². The van der Waals surface area contributed by atoms with Crippen LogP contribution < -0.4 is 0 Å². The summed E-state index contributed by atoms with van der Waals surface area (Å²) >= 11 is 0. The summed E-state index contributed by atoms with van der Waals surface area (Å²) < 4.78 is 0. The summed E-state index contributed by atoms with van der Waals surface area (Å²) in [5.74, 6) is 0.808. The van der Waals surface area contributed by atoms with Crippen LogP contribution in [-0.2, 0) is 0 Å². The number of carbonyl (C=O) groups is 1. The SMILES string of the molecule is CC.CCC1CC(=O)c2c(C)cccc21. The monoisotopic (exact) mass is 204 g/mol. The lowest BCUT2D eigenvalue weighted by molar-refractivity contribution is 0.0988. The molecule has 82 valence electrons. The zero-order chi connectivity index (χ0) is 11.4. The molecule has 1 atom stereocenters. The molecule has 0 aromatic heterocycles. The van der Waals surface area contributed by atoms with Gasteiger partial charge < -0.3 is 0 Å². The second-order valence-corrected chi connectivity index (χ2v) is 3.77. The van der Waals surface area contributed by atoms with E-state index in [9.17, 15) is 4.79 Å². The Kier molecular flexibility index (Phi) is 4.07. The standard InChI is InChI=1S/C12H14O.C2H6/c1-3-9-7-11(13)12-8(2)5-4-6-10(9)12;1-2/h4-6,9H,3,7H2,1-2H3;1-2H3. The summed E-state index contributed by atoms with van der Waals surface area (Å²) in [4.78, 5) is 11.7. The maximum atomic E-state index is 11.7. The quantitative estimate of drug-likeness (QED) is 0.673. The van der Waals surface area contributed by atoms with Crippen molar-refractivity contribution in [2.75, 3.05) is 0 Å². The summed E-state index contributed by atoms with van der Waals surface area (Å²) in [5.41, 5.74) is 3.40. The molecule has 2 rings (SSSR count). The van der Waals surface area contributed by atoms with Crippen molar-refractivity contribution in [1.29, 1.82) is 0 Å². The lowest BCUT2D eigenvalue weighted by Gasteiger charge is -2.06. The maximum Gasteiger partial charge on any atom is 0.164 e. The van der Waals surface area contributed by atoms with Crippen LogP contribution in [0.3, 0.4) is 0 Å². The van der Waals surface area contributed by atoms with Gasteiger partial charge in [0.2, 0.25) is 0 Å². The van der Waals surface area contributed by atoms with Gasteiger partial charge in [0.1, 0.15) is 0 Å². The van der Waals surface area contributed by atoms with E-state index in [0.29, 0.717) is 11.7 Å². The molecule has 0 heterocycles. The maximum absolute atomic E-state index is 11.7. The number of rotatable bonds is 1. The van der Waals surface area contributed by atoms with Crippen LogP contribution in [0.1, 0.15) is 61.0 Å². The predicted molar refractivity (Wildman–Crippen MR) is 64.5 cm³/mol. The molecule has 0 bridgehead atoms. The van der Waals surface area contributed by atoms with E-state index in [1.165, 1.54) is 5.56 Å². The van der Waals surface area contributed by atoms with Crippen LogP contribution in [-0.4, -0.2) is 5.78 Å². The average Bonchev–Trinajstić information content (AvgIpc) is 2.60. The molecule has 0 N–H and O–H groups in total. The highest BCUT2D eigenvalue weighted by molar-refractivity contribution is 6.02. The number of hydrogen-bond acceptors (Lipinski definition) is 1. The van der Waals surface area contributed by atoms with Crippen LogP contribution in [0.15, 0.2) is 18.2 Å². The molecule has 0 spiro atoms. The Labute approximate surface area is 92.5 Å². The van der Waals surface area contributed by atoms with Gasteiger partial charge in [0.25, 0.3) is 0 Å². The fraction of sp³-hybridized carbons (Fsp3) is 0.500. The summed E-state index contributed by atoms with van der Waals surface area (Å²) in [6.45, 7) is 8.17. The van der Waals surface area contributed by atoms with Crippen LogP contribution in [0.25, 0.3) is 0 Å². The Morgan fingerprint density at radius 3 is 2.60 bits per heavy atom. The van der Waals surface area contributed by atoms with E-state index in [2.05, 4.69) is 19.1 Å². The molecule has 1 nitrogen and oxygen atoms in total. The highest BCUT2D eigenvalue weighted by Gasteiger charge is 2.28. The third kappa shape index (κ3) is 2.11. The highest BCUT2D eigenvalue weighted by atomic mass is 16.1. The van der Waals surface area contributed by atoms with Crippen molar-refractivity contribution in [3.05, 3.63) is 34.9 Å². The number of hydrogen-bond donors (Lipinski definition) is 0. The zero-order valence-corrected chi connectivity index (χ0v) is 10.1. The first kappa shape index (κ1) is 12.0. The molecule has 0 aliphatic heterocycles. The summed E-state index contributed by atoms with van der Waals surface area (Å²) in [6, 6.07) is 6.17. The van der Waals surface area contributed by atoms with Crippen LogP contribution >= 0.6 is 0 Å². The van der Waals surface area contributed by atoms with Crippen LogP contribution in [0.5, 0.6) is 0 Å². The Balaban J connectivity index is 0.000000531. The molecule has 0 saturated heterocycles. The number of Topliss-reactive ketones (excluding diaryl/α,β-unsaturated/α-hetero) is 1. The Bertz CT molecular complexity index is 352. The molecule has 1 aliphatic rings. The van der Waals surface area contributed by atoms with Gasteiger partial charge >= 0.3 is 0 Å². The van der Waals surface area contributed by atoms with E-state index in [1.54, 1.807) is 0 Å². The molecule has 0 fully saturated rings. The van der Waals surface area contributed by atoms with Crippen molar-refractivity contribution < 1.29 is 4.79 Å². The van der Waals surface area contributed by atoms with Gasteiger partial charge in [-0.15, -0.1) is 0 Å². The molecule has 0 radical (unpaired) electrons. The first-order valence-corrected chi connectivity index (χ1v) is 5.86. The number of aryl methyl sites for hydroxylation is 1. The van der Waals surface area contributed by atoms with Gasteiger partial charge in [-0.1, -0.05) is 39.0 Å². The van der Waals surface area contributed by atoms with Crippen molar-refractivity contribution >= 4 is 5.78 Å². The second kappa shape index (κ2) is 5.11. The topological polar surface area (TPSA) is 17.1 Å². The number of carbonyl (C=O) groups excluding carboxylic acids is 1. The number of benzene rings is 1. The smallest absolute Gasteiger partial charge is 0.164 e. The predicted octanol–water partition coefficient (Wildman–Crippen LogP) is 4.10. The molecular weight excluding hydrogens is 184 g/mol. The van der Waals surface area contributed by atoms with Crippen molar-refractivity contribution in [3.63, 3.8) is 0 Å². The molecule has 15 heavy (non-hydrogen) atoms. The summed E-state index contributed by atoms with van der Waals surface area (Å²) in [5, 5.41) is 0. The third-order valence-electron chi connectivity index (χ3n) is 2.95. The zero-order valence-electron chi connectivity index (χ0n) is 10.1. The summed E-state index contributed by atoms with van der Waals surface area (Å²) in [6.07, 6.45) is 1.79. The number of fused-ring (bicyclic) bond motifs is 1. The fourth-order valence-electron chi connectivity index (χ4n) is 2.21. The van der Waals surface area contributed by atoms with E-state index in [-0.39, 0.29) is 0 Å². The van der Waals surface area contributed by atoms with Gasteiger partial charge in [0.15, 0.2) is 5.78 Å². The number of ketones is 1. The van der Waals surface area contributed by atoms with Crippen molar-refractivity contribution in [3.8, 4) is 0 Å². The molecule has 1 aliphatic carbocycles. The molecule has 1 heteroatoms. The Morgan fingerprint density at radius 2 is 2.00 bits per heavy atom. The first-order chi connectivity index (χ1) is 7.24. The van der Waals surface area contributed by atoms with Crippen LogP contribution in [0.2, 0.25) is 0 Å². The van der Waals surface area contributed by atoms with Gasteiger partial charge in [-0.2, -0.15) is 0 Å². The summed E-state index contributed by atoms with van der Waals surface area (Å²) in [7, 11) is 0. The van der Waals surface area contributed by atoms with Crippen LogP contribution in [0.4, 0.5) is 0 Å². The molecule has 0 amide bonds. The molecular formula is C14H20O. The normalized spacial score (nSPS) is 18.1. The fourth-order valence-corrected chi connectivity index (χ4v) is 2.21. The first-order valence-electron chi connectivity index (χ1n) is 5.86. The van der Waals surface area contributed by atoms with Gasteiger partial charge in [0.05, 0.1) is 0 Å². The molecule has 1 aromatic rings. The molecule has 1 aromatic carbocycles. The van der Waals surface area contributed by atoms with Gasteiger partial charge in [-0.25, -0.2) is 0 Å². The highest BCUT2D eigenvalue weighted by Crippen LogP contribution is 2.36. The third-order valence-corrected chi connectivity index (χ3v) is 2.95. The van der Waals surface area contributed by atoms with Gasteiger partial charge in [0, 0.05) is 12.0 Å². The molecule has 0 saturated carbocycles. The average molecular weight is 204 g/mol. The van der Waals surface area contributed by atoms with Crippen molar-refractivity contribution in [1.82, 2.24) is 0 Å². The minimum atomic E-state index is 0.333. The van der Waals surface area contributed by atoms with Gasteiger partial charge in [-0.05, 0) is 30.4 Å². The van der Waals surface area contributed by atoms with E-state index >= 15 is 0 Å². The Hall–Kier alpha value is -1.11. The lowest BCUT2D eigenvalue weighted by atomic mass is 9.97. The lowest BCUT2D eigenvalue weighted by Crippen LogP contribution is -1.94. The van der Waals surface area contributed by atoms with E-state index in [4.69, 9.17) is 0 Å². The minimum Gasteiger partial charge on any atom is -0.294 e. The van der Waals surface area contributed by atoms with Crippen molar-refractivity contribution in [2.45, 2.75) is 46.5 Å². The van der Waals surface area contributed by atoms with E-state index in [0.717, 1.165) is 24.0 Å². The largest absolute Gasteiger partial charge is 0.294 e. The molecule has 1 unspecified atom stereocenters. The van der Waals surface area contributed by atoms with E-state index in [1.807, 2.05) is 26.8 Å². The van der Waals surface area contributed by atoms with Crippen molar-refractivity contribution in [2.24, 2.45) is 0 Å². The minimum absolute atomic E-state index is 0.333. The Morgan fingerprint density at radius 1 is 1.33 bits per heavy atom. The second-order valence-electron chi connectivity index (χ2n) is 3.77. The van der Waals surface area contributed by atoms with Crippen LogP contribution in [0, 0.1) is 6.92 Å². The van der Waals surface area contributed by atoms with E-state index < -0.39 is 0 Å².